The van der Waals surface area contributed by atoms with Crippen molar-refractivity contribution < 1.29 is 24.2 Å². The number of halogens is 1. The van der Waals surface area contributed by atoms with Crippen LogP contribution in [0.3, 0.4) is 0 Å². The first-order valence-electron chi connectivity index (χ1n) is 3.68. The van der Waals surface area contributed by atoms with E-state index in [1.54, 1.807) is 0 Å². The zero-order valence-electron chi connectivity index (χ0n) is 6.55. The average molecular weight is 193 g/mol. The molecule has 1 aliphatic rings. The van der Waals surface area contributed by atoms with Crippen LogP contribution in [0.25, 0.3) is 0 Å². The Bertz CT molecular complexity index is 233. The van der Waals surface area contributed by atoms with Crippen molar-refractivity contribution in [2.24, 2.45) is 5.92 Å². The summed E-state index contributed by atoms with van der Waals surface area (Å²) in [6.07, 6.45) is -3.15. The minimum absolute atomic E-state index is 0.141. The number of rotatable bonds is 3. The molecule has 7 heteroatoms. The van der Waals surface area contributed by atoms with Crippen LogP contribution < -0.4 is 0 Å². The van der Waals surface area contributed by atoms with Crippen LogP contribution in [0.4, 0.5) is 4.39 Å². The quantitative estimate of drug-likeness (QED) is 0.517. The lowest BCUT2D eigenvalue weighted by Crippen LogP contribution is -2.22. The topological polar surface area (TPSA) is 89.7 Å². The highest BCUT2D eigenvalue weighted by Crippen LogP contribution is 2.30. The molecule has 0 bridgehead atoms. The van der Waals surface area contributed by atoms with Crippen molar-refractivity contribution in [3.8, 4) is 0 Å². The molecule has 1 rings (SSSR count). The third kappa shape index (κ3) is 2.27. The van der Waals surface area contributed by atoms with Gasteiger partial charge in [-0.25, -0.2) is 4.39 Å². The van der Waals surface area contributed by atoms with Gasteiger partial charge in [0.05, 0.1) is 5.92 Å². The Morgan fingerprint density at radius 2 is 2.23 bits per heavy atom. The molecule has 0 saturated heterocycles. The van der Waals surface area contributed by atoms with E-state index in [1.165, 1.54) is 0 Å². The third-order valence-corrected chi connectivity index (χ3v) is 2.00. The molecule has 0 radical (unpaired) electrons. The fourth-order valence-electron chi connectivity index (χ4n) is 1.37. The van der Waals surface area contributed by atoms with Crippen molar-refractivity contribution in [2.75, 3.05) is 0 Å². The van der Waals surface area contributed by atoms with Gasteiger partial charge in [0.15, 0.2) is 0 Å². The number of hydrogen-bond acceptors (Lipinski definition) is 4. The maximum atomic E-state index is 12.9. The van der Waals surface area contributed by atoms with Crippen LogP contribution in [0.15, 0.2) is 0 Å². The second-order valence-corrected chi connectivity index (χ2v) is 2.89. The number of nitrogens with zero attached hydrogens (tertiary/aromatic N) is 1. The standard InChI is InChI=1S/C6H8FNO5/c7-4-1-3(6(9)10)2-5(4)13-8(11)12/h3-5H,1-2H2,(H,9,10)/t3?,4-,5-/m1/s1. The van der Waals surface area contributed by atoms with Crippen molar-refractivity contribution in [3.63, 3.8) is 0 Å². The molecular formula is C6H8FNO5. The zero-order valence-corrected chi connectivity index (χ0v) is 6.55. The number of carboxylic acids is 1. The van der Waals surface area contributed by atoms with Gasteiger partial charge in [-0.3, -0.25) is 4.79 Å². The molecule has 13 heavy (non-hydrogen) atoms. The predicted octanol–water partition coefficient (Wildman–Crippen LogP) is 0.396. The van der Waals surface area contributed by atoms with Crippen LogP contribution in [0.2, 0.25) is 0 Å². The maximum Gasteiger partial charge on any atom is 0.306 e. The second-order valence-electron chi connectivity index (χ2n) is 2.89. The Morgan fingerprint density at radius 1 is 1.62 bits per heavy atom. The summed E-state index contributed by atoms with van der Waals surface area (Å²) in [5.41, 5.74) is 0. The van der Waals surface area contributed by atoms with E-state index in [0.717, 1.165) is 0 Å². The molecule has 1 N–H and O–H groups in total. The molecule has 74 valence electrons. The number of carboxylic acid groups (broad SMARTS) is 1. The number of hydrogen-bond donors (Lipinski definition) is 1. The summed E-state index contributed by atoms with van der Waals surface area (Å²) in [7, 11) is 0. The average Bonchev–Trinajstić information content (AvgIpc) is 2.31. The lowest BCUT2D eigenvalue weighted by molar-refractivity contribution is -0.769. The Balaban J connectivity index is 2.51. The van der Waals surface area contributed by atoms with Crippen molar-refractivity contribution in [3.05, 3.63) is 10.1 Å². The molecule has 1 fully saturated rings. The number of alkyl halides is 1. The van der Waals surface area contributed by atoms with Crippen molar-refractivity contribution >= 4 is 5.97 Å². The minimum Gasteiger partial charge on any atom is -0.481 e. The summed E-state index contributed by atoms with van der Waals surface area (Å²) in [5, 5.41) is 17.2. The molecule has 0 aliphatic heterocycles. The first kappa shape index (κ1) is 9.69. The van der Waals surface area contributed by atoms with Gasteiger partial charge >= 0.3 is 5.97 Å². The molecule has 0 amide bonds. The van der Waals surface area contributed by atoms with E-state index < -0.39 is 29.2 Å². The van der Waals surface area contributed by atoms with Gasteiger partial charge in [0, 0.05) is 0 Å². The Labute approximate surface area is 72.4 Å². The molecule has 0 heterocycles. The minimum atomic E-state index is -1.56. The molecule has 1 unspecified atom stereocenters. The van der Waals surface area contributed by atoms with Crippen molar-refractivity contribution in [1.82, 2.24) is 0 Å². The van der Waals surface area contributed by atoms with Crippen LogP contribution in [0, 0.1) is 16.0 Å². The predicted molar refractivity (Wildman–Crippen MR) is 37.1 cm³/mol. The summed E-state index contributed by atoms with van der Waals surface area (Å²) in [6.45, 7) is 0. The Kier molecular flexibility index (Phi) is 2.64. The van der Waals surface area contributed by atoms with E-state index in [1.807, 2.05) is 0 Å². The largest absolute Gasteiger partial charge is 0.481 e. The normalized spacial score (nSPS) is 32.8. The van der Waals surface area contributed by atoms with Gasteiger partial charge in [-0.15, -0.1) is 10.1 Å². The van der Waals surface area contributed by atoms with E-state index in [4.69, 9.17) is 5.11 Å². The zero-order chi connectivity index (χ0) is 10.0. The number of aliphatic carboxylic acids is 1. The second kappa shape index (κ2) is 3.55. The van der Waals surface area contributed by atoms with Crippen molar-refractivity contribution in [1.29, 1.82) is 0 Å². The molecule has 3 atom stereocenters. The lowest BCUT2D eigenvalue weighted by Gasteiger charge is -2.08. The van der Waals surface area contributed by atoms with Gasteiger partial charge in [0.25, 0.3) is 5.09 Å². The molecule has 0 aromatic rings. The lowest BCUT2D eigenvalue weighted by atomic mass is 10.1. The summed E-state index contributed by atoms with van der Waals surface area (Å²) < 4.78 is 12.9. The van der Waals surface area contributed by atoms with Gasteiger partial charge in [-0.2, -0.15) is 0 Å². The summed E-state index contributed by atoms with van der Waals surface area (Å²) >= 11 is 0. The van der Waals surface area contributed by atoms with Gasteiger partial charge in [-0.05, 0) is 12.8 Å². The Hall–Kier alpha value is -1.40. The maximum absolute atomic E-state index is 12.9. The highest BCUT2D eigenvalue weighted by atomic mass is 19.1. The Morgan fingerprint density at radius 3 is 2.62 bits per heavy atom. The first-order valence-corrected chi connectivity index (χ1v) is 3.68. The van der Waals surface area contributed by atoms with Crippen LogP contribution >= 0.6 is 0 Å². The molecule has 0 aromatic carbocycles. The van der Waals surface area contributed by atoms with E-state index in [9.17, 15) is 19.3 Å². The fourth-order valence-corrected chi connectivity index (χ4v) is 1.37. The van der Waals surface area contributed by atoms with Crippen LogP contribution in [-0.2, 0) is 9.63 Å². The molecule has 0 aromatic heterocycles. The van der Waals surface area contributed by atoms with Crippen LogP contribution in [0.1, 0.15) is 12.8 Å². The van der Waals surface area contributed by atoms with Crippen LogP contribution in [0.5, 0.6) is 0 Å². The van der Waals surface area contributed by atoms with E-state index >= 15 is 0 Å². The molecule has 6 nitrogen and oxygen atoms in total. The summed E-state index contributed by atoms with van der Waals surface area (Å²) in [5.74, 6) is -2.02. The third-order valence-electron chi connectivity index (χ3n) is 2.00. The van der Waals surface area contributed by atoms with Gasteiger partial charge in [-0.1, -0.05) is 0 Å². The fraction of sp³-hybridized carbons (Fsp3) is 0.833. The van der Waals surface area contributed by atoms with Gasteiger partial charge in [0.1, 0.15) is 12.3 Å². The van der Waals surface area contributed by atoms with E-state index in [0.29, 0.717) is 0 Å². The van der Waals surface area contributed by atoms with E-state index in [2.05, 4.69) is 4.84 Å². The molecule has 1 saturated carbocycles. The summed E-state index contributed by atoms with van der Waals surface area (Å²) in [6, 6.07) is 0. The van der Waals surface area contributed by atoms with Gasteiger partial charge in [0.2, 0.25) is 0 Å². The van der Waals surface area contributed by atoms with Crippen molar-refractivity contribution in [2.45, 2.75) is 25.1 Å². The molecule has 1 aliphatic carbocycles. The smallest absolute Gasteiger partial charge is 0.306 e. The molecular weight excluding hydrogens is 185 g/mol. The SMILES string of the molecule is O=C(O)C1C[C@@H](F)[C@H](O[N+](=O)[O-])C1. The monoisotopic (exact) mass is 193 g/mol. The first-order chi connectivity index (χ1) is 6.00. The molecule has 0 spiro atoms. The summed E-state index contributed by atoms with van der Waals surface area (Å²) in [4.78, 5) is 24.2. The highest BCUT2D eigenvalue weighted by Gasteiger charge is 2.40. The van der Waals surface area contributed by atoms with Crippen LogP contribution in [-0.4, -0.2) is 28.4 Å². The van der Waals surface area contributed by atoms with Gasteiger partial charge < -0.3 is 9.94 Å². The van der Waals surface area contributed by atoms with E-state index in [-0.39, 0.29) is 12.8 Å². The number of carbonyl (C=O) groups is 1. The highest BCUT2D eigenvalue weighted by molar-refractivity contribution is 5.70.